The van der Waals surface area contributed by atoms with Gasteiger partial charge in [0.2, 0.25) is 5.95 Å². The number of piperidine rings is 1. The Kier molecular flexibility index (Phi) is 6.31. The maximum Gasteiger partial charge on any atom is 0.227 e. The lowest BCUT2D eigenvalue weighted by molar-refractivity contribution is 0.106. The molecule has 168 valence electrons. The Morgan fingerprint density at radius 3 is 3.03 bits per heavy atom. The quantitative estimate of drug-likeness (QED) is 0.563. The van der Waals surface area contributed by atoms with E-state index < -0.39 is 0 Å². The molecule has 1 aromatic carbocycles. The van der Waals surface area contributed by atoms with Crippen LogP contribution >= 0.6 is 0 Å². The number of nitrogens with one attached hydrogen (secondary N) is 2. The van der Waals surface area contributed by atoms with Crippen LogP contribution in [0.2, 0.25) is 0 Å². The summed E-state index contributed by atoms with van der Waals surface area (Å²) >= 11 is 0. The highest BCUT2D eigenvalue weighted by atomic mass is 16.5. The molecular weight excluding hydrogens is 406 g/mol. The van der Waals surface area contributed by atoms with Crippen LogP contribution in [-0.2, 0) is 4.74 Å². The van der Waals surface area contributed by atoms with Gasteiger partial charge in [-0.2, -0.15) is 0 Å². The Bertz CT molecular complexity index is 1040. The first-order valence-corrected chi connectivity index (χ1v) is 11.4. The topological polar surface area (TPSA) is 94.3 Å². The highest BCUT2D eigenvalue weighted by Gasteiger charge is 2.27. The molecule has 3 aromatic rings. The first kappa shape index (κ1) is 20.9. The second-order valence-electron chi connectivity index (χ2n) is 8.44. The molecular formula is C24H29N5O3. The van der Waals surface area contributed by atoms with Gasteiger partial charge in [0.05, 0.1) is 17.9 Å². The van der Waals surface area contributed by atoms with Crippen LogP contribution in [0.3, 0.4) is 0 Å². The van der Waals surface area contributed by atoms with Crippen LogP contribution in [-0.4, -0.2) is 41.4 Å². The lowest BCUT2D eigenvalue weighted by Gasteiger charge is -2.22. The van der Waals surface area contributed by atoms with E-state index in [1.54, 1.807) is 6.20 Å². The standard InChI is InChI=1S/C24H29N5O3/c1-16-22(23(29-32-16)21-8-4-12-30-21)20-9-11-26-24(28-20)27-18-6-2-7-19(13-18)31-15-17-5-3-10-25-14-17/h2,6-7,9,11,13,17,21,25H,3-5,8,10,12,14-15H2,1H3,(H,26,27,28). The van der Waals surface area contributed by atoms with Gasteiger partial charge in [-0.15, -0.1) is 0 Å². The van der Waals surface area contributed by atoms with Crippen molar-refractivity contribution in [2.24, 2.45) is 5.92 Å². The number of rotatable bonds is 7. The van der Waals surface area contributed by atoms with Gasteiger partial charge in [0.15, 0.2) is 0 Å². The Morgan fingerprint density at radius 1 is 1.22 bits per heavy atom. The van der Waals surface area contributed by atoms with Gasteiger partial charge in [-0.05, 0) is 57.4 Å². The number of anilines is 2. The molecule has 8 nitrogen and oxygen atoms in total. The van der Waals surface area contributed by atoms with Crippen LogP contribution in [0.15, 0.2) is 41.1 Å². The van der Waals surface area contributed by atoms with Gasteiger partial charge in [-0.1, -0.05) is 11.2 Å². The average Bonchev–Trinajstić information content (AvgIpc) is 3.49. The fourth-order valence-corrected chi connectivity index (χ4v) is 4.35. The van der Waals surface area contributed by atoms with Gasteiger partial charge < -0.3 is 24.6 Å². The van der Waals surface area contributed by atoms with E-state index in [1.165, 1.54) is 12.8 Å². The summed E-state index contributed by atoms with van der Waals surface area (Å²) in [5, 5.41) is 11.0. The Balaban J connectivity index is 1.30. The summed E-state index contributed by atoms with van der Waals surface area (Å²) in [5.41, 5.74) is 3.35. The van der Waals surface area contributed by atoms with Crippen molar-refractivity contribution in [3.8, 4) is 17.0 Å². The number of hydrogen-bond donors (Lipinski definition) is 2. The van der Waals surface area contributed by atoms with Gasteiger partial charge in [0, 0.05) is 37.0 Å². The van der Waals surface area contributed by atoms with Gasteiger partial charge >= 0.3 is 0 Å². The van der Waals surface area contributed by atoms with Gasteiger partial charge in [0.25, 0.3) is 0 Å². The molecule has 4 heterocycles. The molecule has 2 N–H and O–H groups in total. The molecule has 0 amide bonds. The molecule has 2 aliphatic heterocycles. The predicted molar refractivity (Wildman–Crippen MR) is 121 cm³/mol. The molecule has 5 rings (SSSR count). The molecule has 32 heavy (non-hydrogen) atoms. The van der Waals surface area contributed by atoms with Crippen molar-refractivity contribution in [2.45, 2.75) is 38.7 Å². The van der Waals surface area contributed by atoms with E-state index in [9.17, 15) is 0 Å². The Hall–Kier alpha value is -2.97. The lowest BCUT2D eigenvalue weighted by Crippen LogP contribution is -2.33. The normalized spacial score (nSPS) is 20.9. The van der Waals surface area contributed by atoms with E-state index in [0.29, 0.717) is 11.9 Å². The average molecular weight is 436 g/mol. The third-order valence-electron chi connectivity index (χ3n) is 6.01. The van der Waals surface area contributed by atoms with Gasteiger partial charge in [-0.25, -0.2) is 9.97 Å². The van der Waals surface area contributed by atoms with E-state index in [-0.39, 0.29) is 6.10 Å². The van der Waals surface area contributed by atoms with E-state index in [4.69, 9.17) is 19.0 Å². The monoisotopic (exact) mass is 435 g/mol. The summed E-state index contributed by atoms with van der Waals surface area (Å²) in [4.78, 5) is 9.12. The number of aromatic nitrogens is 3. The van der Waals surface area contributed by atoms with E-state index in [2.05, 4.69) is 20.8 Å². The summed E-state index contributed by atoms with van der Waals surface area (Å²) in [6.45, 7) is 5.51. The number of ether oxygens (including phenoxy) is 2. The summed E-state index contributed by atoms with van der Waals surface area (Å²) in [5.74, 6) is 2.64. The van der Waals surface area contributed by atoms with Crippen molar-refractivity contribution >= 4 is 11.6 Å². The Labute approximate surface area is 187 Å². The fraction of sp³-hybridized carbons (Fsp3) is 0.458. The van der Waals surface area contributed by atoms with E-state index >= 15 is 0 Å². The lowest BCUT2D eigenvalue weighted by atomic mass is 10.0. The molecule has 8 heteroatoms. The molecule has 2 atom stereocenters. The van der Waals surface area contributed by atoms with Crippen molar-refractivity contribution in [2.75, 3.05) is 31.6 Å². The molecule has 2 fully saturated rings. The Morgan fingerprint density at radius 2 is 2.19 bits per heavy atom. The van der Waals surface area contributed by atoms with Crippen LogP contribution in [0.1, 0.15) is 43.2 Å². The second kappa shape index (κ2) is 9.67. The second-order valence-corrected chi connectivity index (χ2v) is 8.44. The maximum atomic E-state index is 6.04. The summed E-state index contributed by atoms with van der Waals surface area (Å²) in [6.07, 6.45) is 6.10. The SMILES string of the molecule is Cc1onc(C2CCCO2)c1-c1ccnc(Nc2cccc(OCC3CCCNC3)c2)n1. The van der Waals surface area contributed by atoms with E-state index in [0.717, 1.165) is 73.3 Å². The van der Waals surface area contributed by atoms with E-state index in [1.807, 2.05) is 37.3 Å². The van der Waals surface area contributed by atoms with Crippen LogP contribution < -0.4 is 15.4 Å². The van der Waals surface area contributed by atoms with Crippen molar-refractivity contribution < 1.29 is 14.0 Å². The molecule has 0 radical (unpaired) electrons. The van der Waals surface area contributed by atoms with Crippen LogP contribution in [0.5, 0.6) is 5.75 Å². The summed E-state index contributed by atoms with van der Waals surface area (Å²) in [6, 6.07) is 9.79. The zero-order chi connectivity index (χ0) is 21.8. The number of nitrogens with zero attached hydrogens (tertiary/aromatic N) is 3. The minimum atomic E-state index is -0.0398. The minimum Gasteiger partial charge on any atom is -0.493 e. The maximum absolute atomic E-state index is 6.04. The molecule has 0 spiro atoms. The van der Waals surface area contributed by atoms with Crippen molar-refractivity contribution in [1.29, 1.82) is 0 Å². The third kappa shape index (κ3) is 4.76. The molecule has 2 saturated heterocycles. The summed E-state index contributed by atoms with van der Waals surface area (Å²) < 4.78 is 17.3. The first-order chi connectivity index (χ1) is 15.8. The highest BCUT2D eigenvalue weighted by Crippen LogP contribution is 2.36. The minimum absolute atomic E-state index is 0.0398. The van der Waals surface area contributed by atoms with Gasteiger partial charge in [-0.3, -0.25) is 0 Å². The largest absolute Gasteiger partial charge is 0.493 e. The molecule has 2 aromatic heterocycles. The molecule has 2 aliphatic rings. The third-order valence-corrected chi connectivity index (χ3v) is 6.01. The van der Waals surface area contributed by atoms with Crippen molar-refractivity contribution in [3.05, 3.63) is 48.0 Å². The molecule has 0 bridgehead atoms. The van der Waals surface area contributed by atoms with Crippen LogP contribution in [0, 0.1) is 12.8 Å². The number of benzene rings is 1. The predicted octanol–water partition coefficient (Wildman–Crippen LogP) is 4.41. The van der Waals surface area contributed by atoms with Crippen molar-refractivity contribution in [1.82, 2.24) is 20.4 Å². The molecule has 0 aliphatic carbocycles. The zero-order valence-electron chi connectivity index (χ0n) is 18.3. The fourth-order valence-electron chi connectivity index (χ4n) is 4.35. The zero-order valence-corrected chi connectivity index (χ0v) is 18.3. The highest BCUT2D eigenvalue weighted by molar-refractivity contribution is 5.66. The number of aryl methyl sites for hydroxylation is 1. The first-order valence-electron chi connectivity index (χ1n) is 11.4. The number of hydrogen-bond acceptors (Lipinski definition) is 8. The summed E-state index contributed by atoms with van der Waals surface area (Å²) in [7, 11) is 0. The molecule has 0 saturated carbocycles. The van der Waals surface area contributed by atoms with Crippen molar-refractivity contribution in [3.63, 3.8) is 0 Å². The molecule has 2 unspecified atom stereocenters. The van der Waals surface area contributed by atoms with Crippen LogP contribution in [0.25, 0.3) is 11.3 Å². The smallest absolute Gasteiger partial charge is 0.227 e. The van der Waals surface area contributed by atoms with Gasteiger partial charge in [0.1, 0.15) is 23.3 Å². The van der Waals surface area contributed by atoms with Crippen LogP contribution in [0.4, 0.5) is 11.6 Å².